The molecular formula is C27H20N2OS2. The van der Waals surface area contributed by atoms with Crippen LogP contribution in [0.25, 0.3) is 17.8 Å². The number of hydrogen-bond donors (Lipinski definition) is 0. The van der Waals surface area contributed by atoms with Gasteiger partial charge >= 0.3 is 0 Å². The van der Waals surface area contributed by atoms with Gasteiger partial charge < -0.3 is 0 Å². The summed E-state index contributed by atoms with van der Waals surface area (Å²) in [5, 5.41) is 2.09. The fourth-order valence-electron chi connectivity index (χ4n) is 4.54. The number of aryl methyl sites for hydroxylation is 1. The molecule has 0 spiro atoms. The Balaban J connectivity index is 1.54. The highest BCUT2D eigenvalue weighted by Crippen LogP contribution is 2.42. The van der Waals surface area contributed by atoms with Crippen molar-refractivity contribution in [3.05, 3.63) is 125 Å². The SMILES string of the molecule is O=c1/c(=C/C=C/c2ccccc2)sc2n1[C@H](c1cccs1)C1=C(N=2)c2ccccc2CC1. The molecule has 0 unspecified atom stereocenters. The number of benzene rings is 2. The van der Waals surface area contributed by atoms with E-state index in [1.54, 1.807) is 11.3 Å². The Labute approximate surface area is 193 Å². The van der Waals surface area contributed by atoms with Gasteiger partial charge in [-0.15, -0.1) is 11.3 Å². The van der Waals surface area contributed by atoms with Gasteiger partial charge in [0, 0.05) is 10.4 Å². The fraction of sp³-hybridized carbons (Fsp3) is 0.111. The highest BCUT2D eigenvalue weighted by atomic mass is 32.1. The van der Waals surface area contributed by atoms with Crippen molar-refractivity contribution in [3.63, 3.8) is 0 Å². The second kappa shape index (κ2) is 8.01. The molecule has 6 rings (SSSR count). The normalized spacial score (nSPS) is 17.8. The van der Waals surface area contributed by atoms with Gasteiger partial charge in [-0.3, -0.25) is 9.36 Å². The van der Waals surface area contributed by atoms with E-state index in [4.69, 9.17) is 4.99 Å². The lowest BCUT2D eigenvalue weighted by Gasteiger charge is -2.30. The topological polar surface area (TPSA) is 34.4 Å². The van der Waals surface area contributed by atoms with Crippen LogP contribution in [0.1, 0.15) is 34.0 Å². The van der Waals surface area contributed by atoms with Crippen molar-refractivity contribution in [2.75, 3.05) is 0 Å². The first-order valence-electron chi connectivity index (χ1n) is 10.7. The molecule has 2 aliphatic rings. The van der Waals surface area contributed by atoms with Gasteiger partial charge in [0.25, 0.3) is 5.56 Å². The predicted octanol–water partition coefficient (Wildman–Crippen LogP) is 5.05. The molecule has 5 heteroatoms. The molecule has 3 heterocycles. The minimum atomic E-state index is -0.0742. The van der Waals surface area contributed by atoms with E-state index in [1.165, 1.54) is 32.9 Å². The summed E-state index contributed by atoms with van der Waals surface area (Å²) in [6.45, 7) is 0. The van der Waals surface area contributed by atoms with Crippen molar-refractivity contribution >= 4 is 40.5 Å². The number of thiophene rings is 1. The highest BCUT2D eigenvalue weighted by molar-refractivity contribution is 7.10. The molecule has 32 heavy (non-hydrogen) atoms. The van der Waals surface area contributed by atoms with E-state index in [-0.39, 0.29) is 11.6 Å². The van der Waals surface area contributed by atoms with Crippen molar-refractivity contribution in [2.24, 2.45) is 4.99 Å². The smallest absolute Gasteiger partial charge is 0.271 e. The summed E-state index contributed by atoms with van der Waals surface area (Å²) in [6, 6.07) is 22.8. The number of allylic oxidation sites excluding steroid dienone is 2. The summed E-state index contributed by atoms with van der Waals surface area (Å²) in [7, 11) is 0. The van der Waals surface area contributed by atoms with E-state index in [9.17, 15) is 4.79 Å². The van der Waals surface area contributed by atoms with Crippen LogP contribution in [0.3, 0.4) is 0 Å². The van der Waals surface area contributed by atoms with Gasteiger partial charge in [0.1, 0.15) is 0 Å². The minimum absolute atomic E-state index is 0.0373. The average Bonchev–Trinajstić information content (AvgIpc) is 3.47. The molecule has 3 nitrogen and oxygen atoms in total. The van der Waals surface area contributed by atoms with Gasteiger partial charge in [-0.2, -0.15) is 0 Å². The van der Waals surface area contributed by atoms with Crippen LogP contribution in [-0.2, 0) is 6.42 Å². The summed E-state index contributed by atoms with van der Waals surface area (Å²) >= 11 is 3.18. The second-order valence-electron chi connectivity index (χ2n) is 7.92. The van der Waals surface area contributed by atoms with E-state index in [2.05, 4.69) is 41.8 Å². The van der Waals surface area contributed by atoms with Crippen molar-refractivity contribution in [3.8, 4) is 0 Å². The maximum absolute atomic E-state index is 13.5. The Kier molecular flexibility index (Phi) is 4.86. The quantitative estimate of drug-likeness (QED) is 0.429. The number of hydrogen-bond acceptors (Lipinski definition) is 4. The van der Waals surface area contributed by atoms with Crippen LogP contribution in [0, 0.1) is 0 Å². The number of aromatic nitrogens is 1. The molecule has 0 fully saturated rings. The monoisotopic (exact) mass is 452 g/mol. The zero-order valence-electron chi connectivity index (χ0n) is 17.3. The van der Waals surface area contributed by atoms with Gasteiger partial charge in [-0.25, -0.2) is 4.99 Å². The first kappa shape index (κ1) is 19.4. The van der Waals surface area contributed by atoms with Crippen LogP contribution in [0.5, 0.6) is 0 Å². The second-order valence-corrected chi connectivity index (χ2v) is 9.91. The number of nitrogens with zero attached hydrogens (tertiary/aromatic N) is 2. The first-order chi connectivity index (χ1) is 15.8. The molecule has 0 saturated carbocycles. The lowest BCUT2D eigenvalue weighted by atomic mass is 9.85. The Hall–Kier alpha value is -3.28. The van der Waals surface area contributed by atoms with Gasteiger partial charge in [-0.05, 0) is 47.1 Å². The van der Waals surface area contributed by atoms with Crippen LogP contribution >= 0.6 is 22.7 Å². The maximum Gasteiger partial charge on any atom is 0.271 e. The van der Waals surface area contributed by atoms with Gasteiger partial charge in [0.2, 0.25) is 0 Å². The van der Waals surface area contributed by atoms with E-state index < -0.39 is 0 Å². The lowest BCUT2D eigenvalue weighted by molar-refractivity contribution is 0.593. The predicted molar refractivity (Wildman–Crippen MR) is 133 cm³/mol. The third-order valence-corrected chi connectivity index (χ3v) is 7.95. The molecule has 1 aliphatic heterocycles. The minimum Gasteiger partial charge on any atom is -0.271 e. The van der Waals surface area contributed by atoms with Gasteiger partial charge in [0.15, 0.2) is 4.80 Å². The van der Waals surface area contributed by atoms with Crippen LogP contribution < -0.4 is 14.9 Å². The summed E-state index contributed by atoms with van der Waals surface area (Å²) in [6.07, 6.45) is 7.80. The van der Waals surface area contributed by atoms with Crippen LogP contribution in [0.4, 0.5) is 0 Å². The third-order valence-electron chi connectivity index (χ3n) is 6.02. The van der Waals surface area contributed by atoms with Crippen molar-refractivity contribution in [2.45, 2.75) is 18.9 Å². The van der Waals surface area contributed by atoms with E-state index in [0.29, 0.717) is 4.53 Å². The van der Waals surface area contributed by atoms with Crippen molar-refractivity contribution in [1.82, 2.24) is 4.57 Å². The maximum atomic E-state index is 13.5. The Morgan fingerprint density at radius 3 is 2.66 bits per heavy atom. The average molecular weight is 453 g/mol. The summed E-state index contributed by atoms with van der Waals surface area (Å²) in [4.78, 5) is 20.5. The number of fused-ring (bicyclic) bond motifs is 3. The Morgan fingerprint density at radius 1 is 0.969 bits per heavy atom. The summed E-state index contributed by atoms with van der Waals surface area (Å²) in [5.74, 6) is 0. The zero-order valence-corrected chi connectivity index (χ0v) is 18.9. The molecule has 2 aromatic carbocycles. The molecule has 156 valence electrons. The molecule has 2 aromatic heterocycles. The van der Waals surface area contributed by atoms with Crippen molar-refractivity contribution in [1.29, 1.82) is 0 Å². The van der Waals surface area contributed by atoms with E-state index in [1.807, 2.05) is 53.1 Å². The number of thiazole rings is 1. The van der Waals surface area contributed by atoms with Crippen LogP contribution in [0.15, 0.2) is 93.5 Å². The van der Waals surface area contributed by atoms with Crippen LogP contribution in [0.2, 0.25) is 0 Å². The molecule has 1 aliphatic carbocycles. The third kappa shape index (κ3) is 3.25. The van der Waals surface area contributed by atoms with Crippen molar-refractivity contribution < 1.29 is 0 Å². The molecule has 4 aromatic rings. The molecule has 0 radical (unpaired) electrons. The highest BCUT2D eigenvalue weighted by Gasteiger charge is 2.32. The number of rotatable bonds is 3. The molecule has 1 atom stereocenters. The fourth-order valence-corrected chi connectivity index (χ4v) is 6.34. The van der Waals surface area contributed by atoms with Crippen LogP contribution in [-0.4, -0.2) is 4.57 Å². The summed E-state index contributed by atoms with van der Waals surface area (Å²) < 4.78 is 2.62. The molecule has 0 amide bonds. The Bertz CT molecular complexity index is 1540. The zero-order chi connectivity index (χ0) is 21.5. The molecule has 0 N–H and O–H groups in total. The standard InChI is InChI=1S/C27H20N2OS2/c30-26-23(13-6-10-18-8-2-1-3-9-18)32-27-28-24-20-12-5-4-11-19(20)15-16-21(24)25(29(26)27)22-14-7-17-31-22/h1-14,17,25H,15-16H2/b10-6+,23-13-/t25-/m0/s1. The van der Waals surface area contributed by atoms with Gasteiger partial charge in [0.05, 0.1) is 16.3 Å². The first-order valence-corrected chi connectivity index (χ1v) is 12.4. The lowest BCUT2D eigenvalue weighted by Crippen LogP contribution is -2.38. The van der Waals surface area contributed by atoms with E-state index in [0.717, 1.165) is 28.9 Å². The Morgan fingerprint density at radius 2 is 1.81 bits per heavy atom. The van der Waals surface area contributed by atoms with E-state index >= 15 is 0 Å². The summed E-state index contributed by atoms with van der Waals surface area (Å²) in [5.41, 5.74) is 6.00. The molecular weight excluding hydrogens is 432 g/mol. The molecule has 0 bridgehead atoms. The molecule has 0 saturated heterocycles. The largest absolute Gasteiger partial charge is 0.271 e. The van der Waals surface area contributed by atoms with Gasteiger partial charge in [-0.1, -0.05) is 84.2 Å².